The molecule has 0 saturated carbocycles. The fourth-order valence-corrected chi connectivity index (χ4v) is 1.91. The monoisotopic (exact) mass is 320 g/mol. The zero-order valence-electron chi connectivity index (χ0n) is 12.1. The van der Waals surface area contributed by atoms with E-state index >= 15 is 0 Å². The summed E-state index contributed by atoms with van der Waals surface area (Å²) in [5.41, 5.74) is 0.442. The van der Waals surface area contributed by atoms with E-state index in [2.05, 4.69) is 10.3 Å². The summed E-state index contributed by atoms with van der Waals surface area (Å²) < 4.78 is 5.62. The summed E-state index contributed by atoms with van der Waals surface area (Å²) in [6, 6.07) is 8.27. The van der Waals surface area contributed by atoms with Crippen molar-refractivity contribution < 1.29 is 14.6 Å². The number of amides is 1. The Bertz CT molecular complexity index is 635. The molecule has 0 spiro atoms. The average molecular weight is 321 g/mol. The molecule has 1 heterocycles. The molecule has 116 valence electrons. The van der Waals surface area contributed by atoms with Crippen LogP contribution < -0.4 is 10.1 Å². The Morgan fingerprint density at radius 2 is 2.09 bits per heavy atom. The van der Waals surface area contributed by atoms with Crippen LogP contribution in [0, 0.1) is 5.92 Å². The molecule has 0 aliphatic carbocycles. The second-order valence-corrected chi connectivity index (χ2v) is 5.34. The minimum absolute atomic E-state index is 0.00807. The first-order valence-electron chi connectivity index (χ1n) is 6.86. The Balaban J connectivity index is 2.04. The third-order valence-corrected chi connectivity index (χ3v) is 3.29. The topological polar surface area (TPSA) is 71.5 Å². The molecule has 0 aliphatic rings. The molecule has 1 amide bonds. The number of halogens is 1. The lowest BCUT2D eigenvalue weighted by Gasteiger charge is -2.11. The number of nitrogens with one attached hydrogen (secondary N) is 1. The van der Waals surface area contributed by atoms with Gasteiger partial charge in [-0.05, 0) is 36.2 Å². The van der Waals surface area contributed by atoms with Gasteiger partial charge < -0.3 is 15.2 Å². The van der Waals surface area contributed by atoms with Crippen molar-refractivity contribution in [1.82, 2.24) is 10.3 Å². The van der Waals surface area contributed by atoms with Gasteiger partial charge >= 0.3 is 0 Å². The van der Waals surface area contributed by atoms with Crippen molar-refractivity contribution in [3.63, 3.8) is 0 Å². The van der Waals surface area contributed by atoms with E-state index in [4.69, 9.17) is 21.4 Å². The molecule has 0 bridgehead atoms. The highest BCUT2D eigenvalue weighted by molar-refractivity contribution is 6.32. The number of carbonyl (C=O) groups excluding carboxylic acids is 1. The number of aliphatic hydroxyl groups is 1. The van der Waals surface area contributed by atoms with Crippen LogP contribution in [-0.2, 0) is 0 Å². The van der Waals surface area contributed by atoms with Gasteiger partial charge in [-0.15, -0.1) is 0 Å². The van der Waals surface area contributed by atoms with Crippen molar-refractivity contribution >= 4 is 17.5 Å². The van der Waals surface area contributed by atoms with Crippen molar-refractivity contribution in [2.45, 2.75) is 6.92 Å². The van der Waals surface area contributed by atoms with Crippen molar-refractivity contribution in [3.05, 3.63) is 53.3 Å². The summed E-state index contributed by atoms with van der Waals surface area (Å²) in [6.45, 7) is 2.28. The number of ether oxygens (including phenoxy) is 1. The van der Waals surface area contributed by atoms with Gasteiger partial charge in [0, 0.05) is 31.1 Å². The number of carbonyl (C=O) groups is 1. The first kappa shape index (κ1) is 16.3. The lowest BCUT2D eigenvalue weighted by Crippen LogP contribution is -2.29. The maximum absolute atomic E-state index is 12.0. The summed E-state index contributed by atoms with van der Waals surface area (Å²) in [6.07, 6.45) is 3.24. The predicted molar refractivity (Wildman–Crippen MR) is 84.3 cm³/mol. The highest BCUT2D eigenvalue weighted by Gasteiger charge is 2.11. The molecular formula is C16H17ClN2O3. The van der Waals surface area contributed by atoms with Gasteiger partial charge in [-0.2, -0.15) is 0 Å². The fraction of sp³-hybridized carbons (Fsp3) is 0.250. The van der Waals surface area contributed by atoms with Gasteiger partial charge in [0.15, 0.2) is 0 Å². The Kier molecular flexibility index (Phi) is 5.75. The third kappa shape index (κ3) is 4.44. The average Bonchev–Trinajstić information content (AvgIpc) is 2.55. The third-order valence-electron chi connectivity index (χ3n) is 2.99. The van der Waals surface area contributed by atoms with Crippen LogP contribution in [0.3, 0.4) is 0 Å². The normalized spacial score (nSPS) is 11.8. The van der Waals surface area contributed by atoms with Crippen molar-refractivity contribution in [1.29, 1.82) is 0 Å². The molecule has 6 heteroatoms. The summed E-state index contributed by atoms with van der Waals surface area (Å²) in [7, 11) is 0. The molecule has 1 aromatic carbocycles. The highest BCUT2D eigenvalue weighted by atomic mass is 35.5. The molecule has 0 fully saturated rings. The predicted octanol–water partition coefficient (Wildman–Crippen LogP) is 2.89. The van der Waals surface area contributed by atoms with E-state index in [1.165, 1.54) is 0 Å². The molecule has 0 radical (unpaired) electrons. The fourth-order valence-electron chi connectivity index (χ4n) is 1.69. The van der Waals surface area contributed by atoms with Crippen LogP contribution in [0.1, 0.15) is 17.3 Å². The number of benzene rings is 1. The van der Waals surface area contributed by atoms with Crippen LogP contribution in [0.2, 0.25) is 5.02 Å². The SMILES string of the molecule is CC(CO)CNC(=O)c1ccc(Oc2ccncc2)c(Cl)c1. The molecule has 1 atom stereocenters. The van der Waals surface area contributed by atoms with Crippen LogP contribution in [-0.4, -0.2) is 29.1 Å². The van der Waals surface area contributed by atoms with Gasteiger partial charge in [-0.25, -0.2) is 0 Å². The molecule has 1 unspecified atom stereocenters. The number of aromatic nitrogens is 1. The first-order valence-corrected chi connectivity index (χ1v) is 7.24. The Morgan fingerprint density at radius 3 is 2.73 bits per heavy atom. The molecule has 2 N–H and O–H groups in total. The van der Waals surface area contributed by atoms with Gasteiger partial charge in [0.05, 0.1) is 5.02 Å². The van der Waals surface area contributed by atoms with Crippen LogP contribution in [0.15, 0.2) is 42.7 Å². The van der Waals surface area contributed by atoms with E-state index in [0.717, 1.165) is 0 Å². The van der Waals surface area contributed by atoms with Crippen LogP contribution in [0.5, 0.6) is 11.5 Å². The van der Waals surface area contributed by atoms with Gasteiger partial charge in [0.1, 0.15) is 11.5 Å². The van der Waals surface area contributed by atoms with E-state index in [1.54, 1.807) is 42.7 Å². The minimum atomic E-state index is -0.238. The number of hydrogen-bond donors (Lipinski definition) is 2. The molecular weight excluding hydrogens is 304 g/mol. The lowest BCUT2D eigenvalue weighted by molar-refractivity contribution is 0.0942. The van der Waals surface area contributed by atoms with Crippen molar-refractivity contribution in [3.8, 4) is 11.5 Å². The van der Waals surface area contributed by atoms with E-state index in [-0.39, 0.29) is 18.4 Å². The second kappa shape index (κ2) is 7.77. The molecule has 22 heavy (non-hydrogen) atoms. The minimum Gasteiger partial charge on any atom is -0.456 e. The maximum atomic E-state index is 12.0. The highest BCUT2D eigenvalue weighted by Crippen LogP contribution is 2.29. The zero-order chi connectivity index (χ0) is 15.9. The Labute approximate surface area is 133 Å². The number of pyridine rings is 1. The smallest absolute Gasteiger partial charge is 0.251 e. The van der Waals surface area contributed by atoms with Crippen LogP contribution in [0.4, 0.5) is 0 Å². The maximum Gasteiger partial charge on any atom is 0.251 e. The summed E-state index contributed by atoms with van der Waals surface area (Å²) in [5, 5.41) is 12.0. The van der Waals surface area contributed by atoms with E-state index in [0.29, 0.717) is 28.6 Å². The molecule has 2 aromatic rings. The zero-order valence-corrected chi connectivity index (χ0v) is 12.9. The standard InChI is InChI=1S/C16H17ClN2O3/c1-11(10-20)9-19-16(21)12-2-3-15(14(17)8-12)22-13-4-6-18-7-5-13/h2-8,11,20H,9-10H2,1H3,(H,19,21). The Hall–Kier alpha value is -2.11. The van der Waals surface area contributed by atoms with Gasteiger partial charge in [0.25, 0.3) is 5.91 Å². The summed E-state index contributed by atoms with van der Waals surface area (Å²) in [5.74, 6) is 0.852. The number of hydrogen-bond acceptors (Lipinski definition) is 4. The van der Waals surface area contributed by atoms with Crippen LogP contribution in [0.25, 0.3) is 0 Å². The first-order chi connectivity index (χ1) is 10.6. The van der Waals surface area contributed by atoms with E-state index < -0.39 is 0 Å². The van der Waals surface area contributed by atoms with Crippen molar-refractivity contribution in [2.24, 2.45) is 5.92 Å². The molecule has 2 rings (SSSR count). The molecule has 1 aromatic heterocycles. The Morgan fingerprint density at radius 1 is 1.36 bits per heavy atom. The van der Waals surface area contributed by atoms with E-state index in [1.807, 2.05) is 6.92 Å². The largest absolute Gasteiger partial charge is 0.456 e. The van der Waals surface area contributed by atoms with Crippen molar-refractivity contribution in [2.75, 3.05) is 13.2 Å². The quantitative estimate of drug-likeness (QED) is 0.858. The lowest BCUT2D eigenvalue weighted by atomic mass is 10.1. The van der Waals surface area contributed by atoms with Gasteiger partial charge in [-0.3, -0.25) is 9.78 Å². The summed E-state index contributed by atoms with van der Waals surface area (Å²) in [4.78, 5) is 15.9. The second-order valence-electron chi connectivity index (χ2n) is 4.93. The number of nitrogens with zero attached hydrogens (tertiary/aromatic N) is 1. The number of rotatable bonds is 6. The van der Waals surface area contributed by atoms with Crippen LogP contribution >= 0.6 is 11.6 Å². The summed E-state index contributed by atoms with van der Waals surface area (Å²) >= 11 is 6.15. The van der Waals surface area contributed by atoms with E-state index in [9.17, 15) is 4.79 Å². The number of aliphatic hydroxyl groups excluding tert-OH is 1. The molecule has 0 aliphatic heterocycles. The molecule has 5 nitrogen and oxygen atoms in total. The molecule has 0 saturated heterocycles. The van der Waals surface area contributed by atoms with Gasteiger partial charge in [-0.1, -0.05) is 18.5 Å². The van der Waals surface area contributed by atoms with Gasteiger partial charge in [0.2, 0.25) is 0 Å².